The van der Waals surface area contributed by atoms with E-state index in [1.165, 1.54) is 16.6 Å². The normalized spacial score (nSPS) is 22.8. The molecule has 6 nitrogen and oxygen atoms in total. The maximum Gasteiger partial charge on any atom is 0.245 e. The van der Waals surface area contributed by atoms with Gasteiger partial charge < -0.3 is 10.3 Å². The Morgan fingerprint density at radius 2 is 2.38 bits per heavy atom. The lowest BCUT2D eigenvalue weighted by molar-refractivity contribution is 0.312. The summed E-state index contributed by atoms with van der Waals surface area (Å²) >= 11 is 0. The molecule has 0 aliphatic carbocycles. The second-order valence-corrected chi connectivity index (χ2v) is 5.40. The highest BCUT2D eigenvalue weighted by atomic mass is 32.2. The maximum absolute atomic E-state index is 12.1. The molecule has 0 radical (unpaired) electrons. The number of aromatic nitrogens is 1. The highest BCUT2D eigenvalue weighted by Crippen LogP contribution is 2.18. The van der Waals surface area contributed by atoms with Gasteiger partial charge in [-0.3, -0.25) is 0 Å². The predicted molar refractivity (Wildman–Crippen MR) is 57.0 cm³/mol. The van der Waals surface area contributed by atoms with E-state index in [-0.39, 0.29) is 4.90 Å². The van der Waals surface area contributed by atoms with E-state index in [0.29, 0.717) is 19.6 Å². The molecule has 1 aromatic heterocycles. The van der Waals surface area contributed by atoms with Crippen molar-refractivity contribution in [1.29, 1.82) is 5.26 Å². The minimum atomic E-state index is -3.54. The highest BCUT2D eigenvalue weighted by Gasteiger charge is 2.33. The van der Waals surface area contributed by atoms with Gasteiger partial charge in [0.2, 0.25) is 10.0 Å². The first-order valence-electron chi connectivity index (χ1n) is 4.91. The summed E-state index contributed by atoms with van der Waals surface area (Å²) in [7, 11) is -3.54. The summed E-state index contributed by atoms with van der Waals surface area (Å²) in [5.74, 6) is 0. The van der Waals surface area contributed by atoms with E-state index in [1.54, 1.807) is 6.20 Å². The van der Waals surface area contributed by atoms with Crippen molar-refractivity contribution in [1.82, 2.24) is 14.6 Å². The quantitative estimate of drug-likeness (QED) is 0.729. The molecule has 1 aliphatic rings. The zero-order chi connectivity index (χ0) is 11.6. The highest BCUT2D eigenvalue weighted by molar-refractivity contribution is 7.89. The molecule has 1 aliphatic heterocycles. The second kappa shape index (κ2) is 4.25. The van der Waals surface area contributed by atoms with Crippen molar-refractivity contribution in [3.05, 3.63) is 18.5 Å². The van der Waals surface area contributed by atoms with Crippen molar-refractivity contribution in [2.45, 2.75) is 10.9 Å². The van der Waals surface area contributed by atoms with E-state index < -0.39 is 16.1 Å². The van der Waals surface area contributed by atoms with Crippen LogP contribution in [-0.4, -0.2) is 43.4 Å². The third-order valence-corrected chi connectivity index (χ3v) is 4.42. The summed E-state index contributed by atoms with van der Waals surface area (Å²) in [5.41, 5.74) is 0. The number of H-pyrrole nitrogens is 1. The van der Waals surface area contributed by atoms with Crippen LogP contribution in [0.3, 0.4) is 0 Å². The summed E-state index contributed by atoms with van der Waals surface area (Å²) < 4.78 is 25.5. The molecule has 1 saturated heterocycles. The minimum absolute atomic E-state index is 0.203. The van der Waals surface area contributed by atoms with Crippen LogP contribution in [0.2, 0.25) is 0 Å². The number of hydrogen-bond donors (Lipinski definition) is 2. The Hall–Kier alpha value is -1.36. The Morgan fingerprint density at radius 1 is 1.56 bits per heavy atom. The van der Waals surface area contributed by atoms with E-state index in [9.17, 15) is 8.42 Å². The molecule has 0 spiro atoms. The molecule has 0 saturated carbocycles. The molecule has 7 heteroatoms. The summed E-state index contributed by atoms with van der Waals surface area (Å²) in [6.45, 7) is 1.27. The van der Waals surface area contributed by atoms with Gasteiger partial charge in [0.05, 0.1) is 11.0 Å². The van der Waals surface area contributed by atoms with E-state index in [4.69, 9.17) is 5.26 Å². The zero-order valence-corrected chi connectivity index (χ0v) is 9.37. The number of hydrogen-bond acceptors (Lipinski definition) is 4. The van der Waals surface area contributed by atoms with Crippen LogP contribution in [-0.2, 0) is 10.0 Å². The number of aromatic amines is 1. The molecule has 16 heavy (non-hydrogen) atoms. The number of nitrogens with zero attached hydrogens (tertiary/aromatic N) is 2. The predicted octanol–water partition coefficient (Wildman–Crippen LogP) is -0.499. The standard InChI is InChI=1S/C9H12N4O2S/c10-5-8-6-12-3-4-13(8)16(14,15)9-1-2-11-7-9/h1-2,7-8,11-12H,3-4,6H2. The van der Waals surface area contributed by atoms with Crippen LogP contribution in [0.15, 0.2) is 23.4 Å². The molecule has 1 unspecified atom stereocenters. The van der Waals surface area contributed by atoms with Crippen molar-refractivity contribution >= 4 is 10.0 Å². The van der Waals surface area contributed by atoms with Crippen molar-refractivity contribution in [2.24, 2.45) is 0 Å². The van der Waals surface area contributed by atoms with Gasteiger partial charge in [-0.1, -0.05) is 0 Å². The van der Waals surface area contributed by atoms with Crippen molar-refractivity contribution < 1.29 is 8.42 Å². The van der Waals surface area contributed by atoms with Crippen molar-refractivity contribution in [2.75, 3.05) is 19.6 Å². The molecular weight excluding hydrogens is 228 g/mol. The van der Waals surface area contributed by atoms with E-state index >= 15 is 0 Å². The van der Waals surface area contributed by atoms with Crippen LogP contribution in [0.4, 0.5) is 0 Å². The second-order valence-electron chi connectivity index (χ2n) is 3.51. The summed E-state index contributed by atoms with van der Waals surface area (Å²) in [5, 5.41) is 11.9. The monoisotopic (exact) mass is 240 g/mol. The fraction of sp³-hybridized carbons (Fsp3) is 0.444. The number of nitrogens with one attached hydrogen (secondary N) is 2. The first-order chi connectivity index (χ1) is 7.66. The van der Waals surface area contributed by atoms with Crippen LogP contribution in [0.1, 0.15) is 0 Å². The fourth-order valence-corrected chi connectivity index (χ4v) is 3.20. The Bertz CT molecular complexity index is 488. The van der Waals surface area contributed by atoms with Gasteiger partial charge >= 0.3 is 0 Å². The zero-order valence-electron chi connectivity index (χ0n) is 8.55. The largest absolute Gasteiger partial charge is 0.366 e. The summed E-state index contributed by atoms with van der Waals surface area (Å²) in [6, 6.07) is 2.86. The first kappa shape index (κ1) is 11.1. The van der Waals surface area contributed by atoms with Gasteiger partial charge in [-0.25, -0.2) is 8.42 Å². The van der Waals surface area contributed by atoms with Crippen LogP contribution in [0.5, 0.6) is 0 Å². The van der Waals surface area contributed by atoms with E-state index in [2.05, 4.69) is 10.3 Å². The Labute approximate surface area is 93.9 Å². The molecule has 0 bridgehead atoms. The molecule has 1 fully saturated rings. The minimum Gasteiger partial charge on any atom is -0.366 e. The molecule has 0 amide bonds. The number of piperazine rings is 1. The fourth-order valence-electron chi connectivity index (χ4n) is 1.69. The maximum atomic E-state index is 12.1. The molecular formula is C9H12N4O2S. The van der Waals surface area contributed by atoms with Gasteiger partial charge in [-0.2, -0.15) is 9.57 Å². The van der Waals surface area contributed by atoms with Gasteiger partial charge in [-0.05, 0) is 6.07 Å². The van der Waals surface area contributed by atoms with Gasteiger partial charge in [0, 0.05) is 32.0 Å². The molecule has 2 heterocycles. The van der Waals surface area contributed by atoms with Crippen LogP contribution in [0.25, 0.3) is 0 Å². The number of rotatable bonds is 2. The third-order valence-electron chi connectivity index (χ3n) is 2.52. The van der Waals surface area contributed by atoms with Crippen LogP contribution >= 0.6 is 0 Å². The van der Waals surface area contributed by atoms with Crippen molar-refractivity contribution in [3.8, 4) is 6.07 Å². The van der Waals surface area contributed by atoms with Gasteiger partial charge in [0.25, 0.3) is 0 Å². The van der Waals surface area contributed by atoms with Crippen LogP contribution in [0, 0.1) is 11.3 Å². The van der Waals surface area contributed by atoms with E-state index in [1.807, 2.05) is 6.07 Å². The lowest BCUT2D eigenvalue weighted by atomic mass is 10.3. The molecule has 86 valence electrons. The lowest BCUT2D eigenvalue weighted by Gasteiger charge is -2.30. The SMILES string of the molecule is N#CC1CNCCN1S(=O)(=O)c1cc[nH]c1. The summed E-state index contributed by atoms with van der Waals surface area (Å²) in [6.07, 6.45) is 2.97. The topological polar surface area (TPSA) is 89.0 Å². The van der Waals surface area contributed by atoms with Crippen LogP contribution < -0.4 is 5.32 Å². The number of sulfonamides is 1. The summed E-state index contributed by atoms with van der Waals surface area (Å²) in [4.78, 5) is 2.91. The molecule has 1 aromatic rings. The molecule has 1 atom stereocenters. The van der Waals surface area contributed by atoms with Gasteiger partial charge in [0.1, 0.15) is 6.04 Å². The average molecular weight is 240 g/mol. The molecule has 2 rings (SSSR count). The van der Waals surface area contributed by atoms with Gasteiger partial charge in [0.15, 0.2) is 0 Å². The first-order valence-corrected chi connectivity index (χ1v) is 6.35. The van der Waals surface area contributed by atoms with Crippen molar-refractivity contribution in [3.63, 3.8) is 0 Å². The molecule has 2 N–H and O–H groups in total. The lowest BCUT2D eigenvalue weighted by Crippen LogP contribution is -2.52. The number of nitriles is 1. The Balaban J connectivity index is 2.33. The average Bonchev–Trinajstić information content (AvgIpc) is 2.83. The Morgan fingerprint density at radius 3 is 3.00 bits per heavy atom. The van der Waals surface area contributed by atoms with Gasteiger partial charge in [-0.15, -0.1) is 0 Å². The third kappa shape index (κ3) is 1.82. The van der Waals surface area contributed by atoms with E-state index in [0.717, 1.165) is 0 Å². The Kier molecular flexibility index (Phi) is 2.96. The smallest absolute Gasteiger partial charge is 0.245 e. The molecule has 0 aromatic carbocycles.